The first-order valence-electron chi connectivity index (χ1n) is 6.58. The van der Waals surface area contributed by atoms with Crippen LogP contribution < -0.4 is 10.1 Å². The number of rotatable bonds is 5. The van der Waals surface area contributed by atoms with E-state index in [2.05, 4.69) is 28.5 Å². The van der Waals surface area contributed by atoms with Crippen LogP contribution in [-0.4, -0.2) is 17.3 Å². The Morgan fingerprint density at radius 2 is 2.05 bits per heavy atom. The Hall–Kier alpha value is -1.97. The SMILES string of the molecule is CCC(Nc1c(C)n[nH]c1C)c1ccccc1OC. The van der Waals surface area contributed by atoms with Crippen molar-refractivity contribution in [3.63, 3.8) is 0 Å². The zero-order valence-electron chi connectivity index (χ0n) is 11.9. The molecule has 1 atom stereocenters. The summed E-state index contributed by atoms with van der Waals surface area (Å²) in [5.74, 6) is 0.917. The van der Waals surface area contributed by atoms with Gasteiger partial charge in [-0.05, 0) is 26.3 Å². The number of aromatic amines is 1. The molecule has 0 radical (unpaired) electrons. The fourth-order valence-corrected chi connectivity index (χ4v) is 2.29. The van der Waals surface area contributed by atoms with Gasteiger partial charge in [0.05, 0.1) is 30.2 Å². The second-order valence-electron chi connectivity index (χ2n) is 4.66. The van der Waals surface area contributed by atoms with Gasteiger partial charge in [-0.3, -0.25) is 5.10 Å². The number of H-pyrrole nitrogens is 1. The fourth-order valence-electron chi connectivity index (χ4n) is 2.29. The molecule has 102 valence electrons. The number of benzene rings is 1. The predicted molar refractivity (Wildman–Crippen MR) is 77.7 cm³/mol. The van der Waals surface area contributed by atoms with Crippen molar-refractivity contribution in [3.05, 3.63) is 41.2 Å². The number of ether oxygens (including phenoxy) is 1. The molecule has 2 rings (SSSR count). The standard InChI is InChI=1S/C15H21N3O/c1-5-13(12-8-6-7-9-14(12)19-4)16-15-10(2)17-18-11(15)3/h6-9,13,16H,5H2,1-4H3,(H,17,18). The number of aromatic nitrogens is 2. The van der Waals surface area contributed by atoms with Crippen LogP contribution in [0.25, 0.3) is 0 Å². The number of nitrogens with one attached hydrogen (secondary N) is 2. The van der Waals surface area contributed by atoms with Crippen LogP contribution in [0.15, 0.2) is 24.3 Å². The molecule has 2 N–H and O–H groups in total. The number of nitrogens with zero attached hydrogens (tertiary/aromatic N) is 1. The second kappa shape index (κ2) is 5.78. The summed E-state index contributed by atoms with van der Waals surface area (Å²) in [4.78, 5) is 0. The third-order valence-corrected chi connectivity index (χ3v) is 3.37. The molecule has 1 aromatic carbocycles. The molecule has 4 nitrogen and oxygen atoms in total. The van der Waals surface area contributed by atoms with Crippen molar-refractivity contribution >= 4 is 5.69 Å². The van der Waals surface area contributed by atoms with Gasteiger partial charge in [0, 0.05) is 5.56 Å². The topological polar surface area (TPSA) is 49.9 Å². The second-order valence-corrected chi connectivity index (χ2v) is 4.66. The molecule has 0 aliphatic heterocycles. The monoisotopic (exact) mass is 259 g/mol. The third kappa shape index (κ3) is 2.72. The summed E-state index contributed by atoms with van der Waals surface area (Å²) in [7, 11) is 1.71. The predicted octanol–water partition coefficient (Wildman–Crippen LogP) is 3.60. The highest BCUT2D eigenvalue weighted by Gasteiger charge is 2.16. The van der Waals surface area contributed by atoms with Crippen LogP contribution in [0.1, 0.15) is 36.3 Å². The van der Waals surface area contributed by atoms with Gasteiger partial charge in [0.25, 0.3) is 0 Å². The zero-order valence-corrected chi connectivity index (χ0v) is 11.9. The summed E-state index contributed by atoms with van der Waals surface area (Å²) in [6.07, 6.45) is 0.977. The lowest BCUT2D eigenvalue weighted by Crippen LogP contribution is -2.12. The van der Waals surface area contributed by atoms with Crippen molar-refractivity contribution in [1.29, 1.82) is 0 Å². The number of hydrogen-bond acceptors (Lipinski definition) is 3. The number of hydrogen-bond donors (Lipinski definition) is 2. The van der Waals surface area contributed by atoms with E-state index in [4.69, 9.17) is 4.74 Å². The molecule has 0 amide bonds. The molecule has 0 aliphatic rings. The van der Waals surface area contributed by atoms with Gasteiger partial charge in [-0.15, -0.1) is 0 Å². The molecule has 4 heteroatoms. The van der Waals surface area contributed by atoms with Crippen LogP contribution in [0.5, 0.6) is 5.75 Å². The molecular weight excluding hydrogens is 238 g/mol. The smallest absolute Gasteiger partial charge is 0.124 e. The molecule has 0 fully saturated rings. The van der Waals surface area contributed by atoms with Crippen LogP contribution in [0.4, 0.5) is 5.69 Å². The summed E-state index contributed by atoms with van der Waals surface area (Å²) in [6.45, 7) is 6.19. The zero-order chi connectivity index (χ0) is 13.8. The normalized spacial score (nSPS) is 12.2. The molecule has 1 aromatic heterocycles. The van der Waals surface area contributed by atoms with Crippen LogP contribution in [0.2, 0.25) is 0 Å². The molecule has 0 spiro atoms. The summed E-state index contributed by atoms with van der Waals surface area (Å²) in [5.41, 5.74) is 4.31. The highest BCUT2D eigenvalue weighted by molar-refractivity contribution is 5.54. The average Bonchev–Trinajstić information content (AvgIpc) is 2.76. The largest absolute Gasteiger partial charge is 0.496 e. The minimum Gasteiger partial charge on any atom is -0.496 e. The van der Waals surface area contributed by atoms with Crippen molar-refractivity contribution in [2.75, 3.05) is 12.4 Å². The summed E-state index contributed by atoms with van der Waals surface area (Å²) < 4.78 is 5.44. The quantitative estimate of drug-likeness (QED) is 0.862. The molecular formula is C15H21N3O. The molecule has 0 bridgehead atoms. The van der Waals surface area contributed by atoms with Crippen molar-refractivity contribution in [1.82, 2.24) is 10.2 Å². The Bertz CT molecular complexity index is 529. The highest BCUT2D eigenvalue weighted by atomic mass is 16.5. The number of para-hydroxylation sites is 1. The van der Waals surface area contributed by atoms with Gasteiger partial charge in [0.15, 0.2) is 0 Å². The van der Waals surface area contributed by atoms with Crippen molar-refractivity contribution in [2.24, 2.45) is 0 Å². The van der Waals surface area contributed by atoms with Crippen LogP contribution in [-0.2, 0) is 0 Å². The minimum atomic E-state index is 0.214. The lowest BCUT2D eigenvalue weighted by molar-refractivity contribution is 0.406. The summed E-state index contributed by atoms with van der Waals surface area (Å²) in [5, 5.41) is 10.8. The van der Waals surface area contributed by atoms with Gasteiger partial charge in [0.1, 0.15) is 5.75 Å². The molecule has 0 saturated heterocycles. The van der Waals surface area contributed by atoms with Gasteiger partial charge in [-0.2, -0.15) is 5.10 Å². The van der Waals surface area contributed by atoms with E-state index in [9.17, 15) is 0 Å². The van der Waals surface area contributed by atoms with E-state index in [-0.39, 0.29) is 6.04 Å². The lowest BCUT2D eigenvalue weighted by atomic mass is 10.0. The summed E-state index contributed by atoms with van der Waals surface area (Å²) in [6, 6.07) is 8.34. The third-order valence-electron chi connectivity index (χ3n) is 3.37. The Morgan fingerprint density at radius 3 is 2.63 bits per heavy atom. The van der Waals surface area contributed by atoms with E-state index < -0.39 is 0 Å². The molecule has 1 unspecified atom stereocenters. The Labute approximate surface area is 114 Å². The van der Waals surface area contributed by atoms with Crippen LogP contribution in [0.3, 0.4) is 0 Å². The molecule has 0 saturated carbocycles. The minimum absolute atomic E-state index is 0.214. The molecule has 0 aliphatic carbocycles. The van der Waals surface area contributed by atoms with Crippen LogP contribution in [0, 0.1) is 13.8 Å². The maximum absolute atomic E-state index is 5.44. The number of anilines is 1. The highest BCUT2D eigenvalue weighted by Crippen LogP contribution is 2.31. The van der Waals surface area contributed by atoms with E-state index >= 15 is 0 Å². The maximum Gasteiger partial charge on any atom is 0.124 e. The Morgan fingerprint density at radius 1 is 1.32 bits per heavy atom. The van der Waals surface area contributed by atoms with Gasteiger partial charge >= 0.3 is 0 Å². The molecule has 19 heavy (non-hydrogen) atoms. The van der Waals surface area contributed by atoms with Gasteiger partial charge in [0.2, 0.25) is 0 Å². The van der Waals surface area contributed by atoms with Crippen molar-refractivity contribution < 1.29 is 4.74 Å². The maximum atomic E-state index is 5.44. The van der Waals surface area contributed by atoms with Crippen molar-refractivity contribution in [3.8, 4) is 5.75 Å². The number of aryl methyl sites for hydroxylation is 2. The Balaban J connectivity index is 2.30. The van der Waals surface area contributed by atoms with E-state index in [1.165, 1.54) is 5.56 Å². The van der Waals surface area contributed by atoms with Crippen molar-refractivity contribution in [2.45, 2.75) is 33.2 Å². The van der Waals surface area contributed by atoms with Gasteiger partial charge in [-0.1, -0.05) is 25.1 Å². The average molecular weight is 259 g/mol. The van der Waals surface area contributed by atoms with Crippen LogP contribution >= 0.6 is 0 Å². The first kappa shape index (κ1) is 13.5. The molecule has 2 aromatic rings. The van der Waals surface area contributed by atoms with Gasteiger partial charge < -0.3 is 10.1 Å². The van der Waals surface area contributed by atoms with E-state index in [0.717, 1.165) is 29.2 Å². The fraction of sp³-hybridized carbons (Fsp3) is 0.400. The Kier molecular flexibility index (Phi) is 4.10. The summed E-state index contributed by atoms with van der Waals surface area (Å²) >= 11 is 0. The van der Waals surface area contributed by atoms with E-state index in [1.807, 2.05) is 32.0 Å². The number of methoxy groups -OCH3 is 1. The first-order valence-corrected chi connectivity index (χ1v) is 6.58. The first-order chi connectivity index (χ1) is 9.17. The molecule has 1 heterocycles. The lowest BCUT2D eigenvalue weighted by Gasteiger charge is -2.21. The van der Waals surface area contributed by atoms with Gasteiger partial charge in [-0.25, -0.2) is 0 Å². The van der Waals surface area contributed by atoms with E-state index in [0.29, 0.717) is 0 Å². The van der Waals surface area contributed by atoms with E-state index in [1.54, 1.807) is 7.11 Å².